The van der Waals surface area contributed by atoms with Crippen LogP contribution in [0.2, 0.25) is 0 Å². The number of piperidine rings is 1. The fraction of sp³-hybridized carbons (Fsp3) is 0.500. The van der Waals surface area contributed by atoms with E-state index >= 15 is 0 Å². The highest BCUT2D eigenvalue weighted by Crippen LogP contribution is 2.52. The van der Waals surface area contributed by atoms with E-state index in [2.05, 4.69) is 11.8 Å². The van der Waals surface area contributed by atoms with Gasteiger partial charge in [-0.3, -0.25) is 9.69 Å². The number of primary amides is 2. The number of aromatic nitrogens is 2. The number of carbonyl (C=O) groups is 2. The van der Waals surface area contributed by atoms with Gasteiger partial charge in [0.05, 0.1) is 16.6 Å². The van der Waals surface area contributed by atoms with Crippen LogP contribution in [0.15, 0.2) is 18.2 Å². The molecule has 1 aliphatic heterocycles. The van der Waals surface area contributed by atoms with E-state index in [0.29, 0.717) is 28.3 Å². The summed E-state index contributed by atoms with van der Waals surface area (Å²) in [6.07, 6.45) is 4.11. The van der Waals surface area contributed by atoms with Gasteiger partial charge in [0.15, 0.2) is 0 Å². The smallest absolute Gasteiger partial charge is 0.324 e. The van der Waals surface area contributed by atoms with Crippen molar-refractivity contribution in [2.45, 2.75) is 38.1 Å². The van der Waals surface area contributed by atoms with E-state index in [1.807, 2.05) is 0 Å². The molecule has 1 saturated carbocycles. The first-order valence-corrected chi connectivity index (χ1v) is 8.84. The van der Waals surface area contributed by atoms with Gasteiger partial charge in [-0.1, -0.05) is 13.0 Å². The molecule has 7 nitrogen and oxygen atoms in total. The van der Waals surface area contributed by atoms with Crippen molar-refractivity contribution in [1.29, 1.82) is 0 Å². The molecule has 2 atom stereocenters. The number of benzene rings is 1. The van der Waals surface area contributed by atoms with Crippen molar-refractivity contribution in [2.24, 2.45) is 17.4 Å². The van der Waals surface area contributed by atoms with Gasteiger partial charge in [-0.25, -0.2) is 14.3 Å². The summed E-state index contributed by atoms with van der Waals surface area (Å²) in [5, 5.41) is 0. The molecule has 1 aromatic carbocycles. The van der Waals surface area contributed by atoms with Gasteiger partial charge in [-0.15, -0.1) is 0 Å². The molecule has 1 saturated heterocycles. The number of hydrogen-bond acceptors (Lipinski definition) is 4. The normalized spacial score (nSPS) is 25.7. The van der Waals surface area contributed by atoms with Gasteiger partial charge in [-0.05, 0) is 50.3 Å². The third-order valence-electron chi connectivity index (χ3n) is 5.76. The summed E-state index contributed by atoms with van der Waals surface area (Å²) >= 11 is 0. The molecule has 0 unspecified atom stereocenters. The topological polar surface area (TPSA) is 107 Å². The molecule has 7 heteroatoms. The molecule has 2 bridgehead atoms. The van der Waals surface area contributed by atoms with Crippen molar-refractivity contribution in [3.63, 3.8) is 0 Å². The summed E-state index contributed by atoms with van der Waals surface area (Å²) in [5.74, 6) is 0.741. The Bertz CT molecular complexity index is 874. The van der Waals surface area contributed by atoms with Crippen molar-refractivity contribution in [3.05, 3.63) is 29.6 Å². The maximum Gasteiger partial charge on any atom is 0.324 e. The minimum atomic E-state index is -0.569. The monoisotopic (exact) mass is 341 g/mol. The first-order valence-electron chi connectivity index (χ1n) is 8.84. The number of imidazole rings is 1. The highest BCUT2D eigenvalue weighted by Gasteiger charge is 2.54. The molecule has 4 N–H and O–H groups in total. The number of para-hydroxylation sites is 1. The Kier molecular flexibility index (Phi) is 3.57. The second-order valence-corrected chi connectivity index (χ2v) is 7.23. The van der Waals surface area contributed by atoms with Crippen molar-refractivity contribution < 1.29 is 9.59 Å². The summed E-state index contributed by atoms with van der Waals surface area (Å²) in [6, 6.07) is 4.55. The number of rotatable bonds is 4. The maximum absolute atomic E-state index is 12.3. The lowest BCUT2D eigenvalue weighted by Crippen LogP contribution is -2.45. The number of hydrogen-bond donors (Lipinski definition) is 2. The molecule has 2 aliphatic rings. The van der Waals surface area contributed by atoms with Gasteiger partial charge in [-0.2, -0.15) is 0 Å². The first-order chi connectivity index (χ1) is 12.0. The van der Waals surface area contributed by atoms with E-state index in [1.165, 1.54) is 4.57 Å². The highest BCUT2D eigenvalue weighted by atomic mass is 16.2. The number of likely N-dealkylation sites (tertiary alicyclic amines) is 1. The predicted molar refractivity (Wildman–Crippen MR) is 94.1 cm³/mol. The van der Waals surface area contributed by atoms with Crippen LogP contribution in [0.4, 0.5) is 4.79 Å². The Morgan fingerprint density at radius 1 is 1.36 bits per heavy atom. The number of nitrogens with zero attached hydrogens (tertiary/aromatic N) is 3. The van der Waals surface area contributed by atoms with Gasteiger partial charge in [0, 0.05) is 6.54 Å². The van der Waals surface area contributed by atoms with E-state index in [9.17, 15) is 9.59 Å². The van der Waals surface area contributed by atoms with Crippen LogP contribution in [0.1, 0.15) is 48.8 Å². The van der Waals surface area contributed by atoms with Crippen LogP contribution >= 0.6 is 0 Å². The Hall–Kier alpha value is -2.41. The lowest BCUT2D eigenvalue weighted by atomic mass is 9.95. The molecular formula is C18H23N5O2. The van der Waals surface area contributed by atoms with Crippen LogP contribution in [0, 0.1) is 5.92 Å². The molecule has 2 heterocycles. The van der Waals surface area contributed by atoms with Gasteiger partial charge in [0.1, 0.15) is 11.3 Å². The summed E-state index contributed by atoms with van der Waals surface area (Å²) in [5.41, 5.74) is 12.3. The largest absolute Gasteiger partial charge is 0.366 e. The standard InChI is InChI=1S/C18H23N5O2/c1-2-8-22-10-11-6-7-18(22,9-11)16-21-14-12(15(19)24)4-3-5-13(14)23(16)17(20)25/h3-5,11H,2,6-10H2,1H3,(H2,19,24)(H2,20,25)/t11-,18+/m0/s1. The van der Waals surface area contributed by atoms with E-state index < -0.39 is 11.9 Å². The number of nitrogens with two attached hydrogens (primary N) is 2. The Balaban J connectivity index is 1.98. The molecule has 2 aromatic rings. The zero-order valence-corrected chi connectivity index (χ0v) is 14.4. The van der Waals surface area contributed by atoms with Gasteiger partial charge >= 0.3 is 6.03 Å². The summed E-state index contributed by atoms with van der Waals surface area (Å²) < 4.78 is 1.48. The van der Waals surface area contributed by atoms with E-state index in [4.69, 9.17) is 16.5 Å². The fourth-order valence-corrected chi connectivity index (χ4v) is 4.81. The maximum atomic E-state index is 12.3. The molecule has 2 amide bonds. The van der Waals surface area contributed by atoms with Gasteiger partial charge in [0.25, 0.3) is 5.91 Å². The van der Waals surface area contributed by atoms with E-state index in [-0.39, 0.29) is 5.54 Å². The van der Waals surface area contributed by atoms with Crippen LogP contribution in [-0.4, -0.2) is 39.5 Å². The van der Waals surface area contributed by atoms with Gasteiger partial charge in [0.2, 0.25) is 0 Å². The third-order valence-corrected chi connectivity index (χ3v) is 5.76. The summed E-state index contributed by atoms with van der Waals surface area (Å²) in [4.78, 5) is 31.3. The Morgan fingerprint density at radius 3 is 2.80 bits per heavy atom. The van der Waals surface area contributed by atoms with Crippen molar-refractivity contribution in [1.82, 2.24) is 14.5 Å². The van der Waals surface area contributed by atoms with Crippen LogP contribution in [0.5, 0.6) is 0 Å². The minimum absolute atomic E-state index is 0.274. The van der Waals surface area contributed by atoms with Crippen LogP contribution < -0.4 is 11.5 Å². The number of carbonyl (C=O) groups excluding carboxylic acids is 2. The molecule has 4 rings (SSSR count). The highest BCUT2D eigenvalue weighted by molar-refractivity contribution is 6.05. The van der Waals surface area contributed by atoms with Crippen molar-refractivity contribution in [3.8, 4) is 0 Å². The number of fused-ring (bicyclic) bond motifs is 3. The minimum Gasteiger partial charge on any atom is -0.366 e. The number of amides is 2. The molecule has 1 aromatic heterocycles. The average molecular weight is 341 g/mol. The van der Waals surface area contributed by atoms with Crippen LogP contribution in [0.25, 0.3) is 11.0 Å². The average Bonchev–Trinajstić information content (AvgIpc) is 3.25. The Labute approximate surface area is 146 Å². The zero-order valence-electron chi connectivity index (χ0n) is 14.4. The lowest BCUT2D eigenvalue weighted by molar-refractivity contribution is 0.100. The summed E-state index contributed by atoms with van der Waals surface area (Å²) in [6.45, 7) is 4.14. The molecule has 2 fully saturated rings. The van der Waals surface area contributed by atoms with Crippen molar-refractivity contribution in [2.75, 3.05) is 13.1 Å². The predicted octanol–water partition coefficient (Wildman–Crippen LogP) is 1.78. The first kappa shape index (κ1) is 16.1. The molecule has 132 valence electrons. The lowest BCUT2D eigenvalue weighted by Gasteiger charge is -2.38. The Morgan fingerprint density at radius 2 is 2.16 bits per heavy atom. The van der Waals surface area contributed by atoms with E-state index in [0.717, 1.165) is 38.8 Å². The molecule has 1 aliphatic carbocycles. The second kappa shape index (κ2) is 5.56. The molecule has 0 spiro atoms. The fourth-order valence-electron chi connectivity index (χ4n) is 4.81. The van der Waals surface area contributed by atoms with Crippen LogP contribution in [0.3, 0.4) is 0 Å². The SMILES string of the molecule is CCCN1C[C@H]2CC[C@]1(c1nc3c(C(N)=O)cccc3n1C(N)=O)C2. The van der Waals surface area contributed by atoms with Gasteiger partial charge < -0.3 is 11.5 Å². The quantitative estimate of drug-likeness (QED) is 0.884. The second-order valence-electron chi connectivity index (χ2n) is 7.23. The third kappa shape index (κ3) is 2.18. The summed E-state index contributed by atoms with van der Waals surface area (Å²) in [7, 11) is 0. The van der Waals surface area contributed by atoms with E-state index in [1.54, 1.807) is 18.2 Å². The zero-order chi connectivity index (χ0) is 17.8. The van der Waals surface area contributed by atoms with Crippen LogP contribution in [-0.2, 0) is 5.54 Å². The van der Waals surface area contributed by atoms with Crippen molar-refractivity contribution >= 4 is 23.0 Å². The molecule has 25 heavy (non-hydrogen) atoms. The molecule has 0 radical (unpaired) electrons. The molecular weight excluding hydrogens is 318 g/mol.